The van der Waals surface area contributed by atoms with E-state index in [-0.39, 0.29) is 28.6 Å². The predicted molar refractivity (Wildman–Crippen MR) is 171 cm³/mol. The molecule has 0 bridgehead atoms. The zero-order valence-electron chi connectivity index (χ0n) is 25.0. The van der Waals surface area contributed by atoms with Crippen molar-refractivity contribution in [2.45, 2.75) is 86.9 Å². The summed E-state index contributed by atoms with van der Waals surface area (Å²) in [6.07, 6.45) is 6.93. The third-order valence-electron chi connectivity index (χ3n) is 10.4. The number of carboxylic acid groups (broad SMARTS) is 1. The third kappa shape index (κ3) is 5.52. The molecule has 2 spiro atoms. The number of aromatic nitrogens is 1. The van der Waals surface area contributed by atoms with Crippen molar-refractivity contribution in [2.24, 2.45) is 16.1 Å². The van der Waals surface area contributed by atoms with Gasteiger partial charge in [-0.05, 0) is 85.8 Å². The number of nitrogens with two attached hydrogens (primary N) is 1. The van der Waals surface area contributed by atoms with Crippen LogP contribution in [0.1, 0.15) is 68.9 Å². The Labute approximate surface area is 271 Å². The lowest BCUT2D eigenvalue weighted by molar-refractivity contribution is -0.139. The van der Waals surface area contributed by atoms with Gasteiger partial charge in [-0.2, -0.15) is 0 Å². The van der Waals surface area contributed by atoms with Crippen LogP contribution in [0.25, 0.3) is 0 Å². The second kappa shape index (κ2) is 12.3. The normalized spacial score (nSPS) is 34.5. The molecule has 1 aromatic heterocycles. The van der Waals surface area contributed by atoms with Crippen molar-refractivity contribution >= 4 is 53.1 Å². The molecule has 1 aliphatic carbocycles. The third-order valence-corrected chi connectivity index (χ3v) is 10.9. The largest absolute Gasteiger partial charge is 0.480 e. The molecule has 3 fully saturated rings. The Morgan fingerprint density at radius 3 is 2.69 bits per heavy atom. The Bertz CT molecular complexity index is 1520. The van der Waals surface area contributed by atoms with Gasteiger partial charge in [0.25, 0.3) is 0 Å². The van der Waals surface area contributed by atoms with E-state index in [0.29, 0.717) is 54.6 Å². The highest BCUT2D eigenvalue weighted by molar-refractivity contribution is 6.31. The minimum Gasteiger partial charge on any atom is -0.480 e. The second-order valence-corrected chi connectivity index (χ2v) is 13.9. The highest BCUT2D eigenvalue weighted by Crippen LogP contribution is 2.64. The maximum atomic E-state index is 14.4. The SMILES string of the molecule is CC1(CC/N=C(\OC=N)[C@@H]2CC[C@@H](N)CO2)CCC2(CC1)N[C@@H](C(=O)O)[C@H](c1ccnc(Cl)c1)C21C(=O)Nc2cc(Cl)ccc21. The van der Waals surface area contributed by atoms with E-state index >= 15 is 0 Å². The van der Waals surface area contributed by atoms with Gasteiger partial charge in [-0.15, -0.1) is 0 Å². The van der Waals surface area contributed by atoms with Crippen molar-refractivity contribution in [1.82, 2.24) is 10.3 Å². The minimum atomic E-state index is -1.23. The number of fused-ring (bicyclic) bond motifs is 3. The van der Waals surface area contributed by atoms with E-state index in [0.717, 1.165) is 37.6 Å². The number of amides is 1. The van der Waals surface area contributed by atoms with E-state index in [1.54, 1.807) is 30.5 Å². The summed E-state index contributed by atoms with van der Waals surface area (Å²) in [7, 11) is 0. The van der Waals surface area contributed by atoms with Crippen LogP contribution in [0.5, 0.6) is 0 Å². The van der Waals surface area contributed by atoms with E-state index in [1.165, 1.54) is 0 Å². The first kappa shape index (κ1) is 31.9. The number of halogens is 2. The van der Waals surface area contributed by atoms with Gasteiger partial charge in [0, 0.05) is 41.0 Å². The Hall–Kier alpha value is -3.09. The van der Waals surface area contributed by atoms with Gasteiger partial charge >= 0.3 is 5.97 Å². The molecule has 0 radical (unpaired) electrons. The number of carboxylic acids is 1. The summed E-state index contributed by atoms with van der Waals surface area (Å²) in [4.78, 5) is 36.1. The van der Waals surface area contributed by atoms with E-state index in [1.807, 2.05) is 6.07 Å². The second-order valence-electron chi connectivity index (χ2n) is 13.1. The molecule has 1 saturated carbocycles. The lowest BCUT2D eigenvalue weighted by Gasteiger charge is -2.51. The lowest BCUT2D eigenvalue weighted by Crippen LogP contribution is -2.61. The van der Waals surface area contributed by atoms with E-state index in [9.17, 15) is 14.7 Å². The molecule has 1 unspecified atom stereocenters. The number of hydrogen-bond donors (Lipinski definition) is 5. The number of aliphatic imine (C=N–C) groups is 1. The van der Waals surface area contributed by atoms with Crippen LogP contribution in [0.3, 0.4) is 0 Å². The fourth-order valence-corrected chi connectivity index (χ4v) is 8.49. The minimum absolute atomic E-state index is 0.00907. The van der Waals surface area contributed by atoms with Crippen molar-refractivity contribution < 1.29 is 24.2 Å². The number of rotatable bonds is 7. The van der Waals surface area contributed by atoms with Gasteiger partial charge in [0.1, 0.15) is 22.7 Å². The van der Waals surface area contributed by atoms with Crippen molar-refractivity contribution in [3.63, 3.8) is 0 Å². The molecule has 4 heterocycles. The number of ether oxygens (including phenoxy) is 2. The molecule has 1 aromatic carbocycles. The van der Waals surface area contributed by atoms with Gasteiger partial charge < -0.3 is 25.6 Å². The maximum Gasteiger partial charge on any atom is 0.321 e. The zero-order chi connectivity index (χ0) is 32.0. The van der Waals surface area contributed by atoms with E-state index in [4.69, 9.17) is 48.8 Å². The Kier molecular flexibility index (Phi) is 8.68. The number of carbonyl (C=O) groups excluding carboxylic acids is 1. The summed E-state index contributed by atoms with van der Waals surface area (Å²) >= 11 is 12.7. The van der Waals surface area contributed by atoms with Crippen LogP contribution in [0.2, 0.25) is 10.2 Å². The number of anilines is 1. The average molecular weight is 658 g/mol. The number of benzene rings is 1. The van der Waals surface area contributed by atoms with Crippen LogP contribution >= 0.6 is 23.2 Å². The summed E-state index contributed by atoms with van der Waals surface area (Å²) in [5, 5.41) is 25.3. The van der Waals surface area contributed by atoms with Crippen LogP contribution in [-0.2, 0) is 24.5 Å². The molecular weight excluding hydrogens is 619 g/mol. The topological polar surface area (TPSA) is 172 Å². The smallest absolute Gasteiger partial charge is 0.321 e. The summed E-state index contributed by atoms with van der Waals surface area (Å²) in [5.41, 5.74) is 5.72. The fourth-order valence-electron chi connectivity index (χ4n) is 8.14. The quantitative estimate of drug-likeness (QED) is 0.163. The number of hydrogen-bond acceptors (Lipinski definition) is 9. The van der Waals surface area contributed by atoms with Gasteiger partial charge in [0.05, 0.1) is 6.61 Å². The van der Waals surface area contributed by atoms with Gasteiger partial charge in [-0.25, -0.2) is 4.98 Å². The standard InChI is InChI=1S/C32H38Cl2N6O5/c1-30(11-13-38-27(45-17-35)23-5-3-20(36)16-44-23)7-9-31(10-8-30)32(21-4-2-19(33)15-22(21)39-29(32)43)25(26(40-31)28(41)42)18-6-12-37-24(34)14-18/h2,4,6,12,14-15,17,20,23,25-26,35,40H,3,5,7-11,13,16,36H2,1H3,(H,39,43)(H,41,42)/b35-17?,38-27-/t20-,23+,25+,26-,30?,31?,32?/m1/s1. The summed E-state index contributed by atoms with van der Waals surface area (Å²) in [6, 6.07) is 7.69. The van der Waals surface area contributed by atoms with Crippen LogP contribution in [0, 0.1) is 10.8 Å². The molecule has 2 saturated heterocycles. The van der Waals surface area contributed by atoms with Crippen molar-refractivity contribution in [2.75, 3.05) is 18.5 Å². The number of pyridine rings is 1. The molecule has 45 heavy (non-hydrogen) atoms. The van der Waals surface area contributed by atoms with Crippen molar-refractivity contribution in [1.29, 1.82) is 5.41 Å². The molecule has 5 atom stereocenters. The number of aliphatic carboxylic acids is 1. The highest BCUT2D eigenvalue weighted by atomic mass is 35.5. The number of nitrogens with one attached hydrogen (secondary N) is 3. The zero-order valence-corrected chi connectivity index (χ0v) is 26.5. The van der Waals surface area contributed by atoms with Gasteiger partial charge in [0.15, 0.2) is 6.40 Å². The first-order chi connectivity index (χ1) is 21.5. The number of carbonyl (C=O) groups is 2. The first-order valence-electron chi connectivity index (χ1n) is 15.3. The van der Waals surface area contributed by atoms with Gasteiger partial charge in [-0.1, -0.05) is 36.2 Å². The summed E-state index contributed by atoms with van der Waals surface area (Å²) in [6.45, 7) is 3.11. The van der Waals surface area contributed by atoms with Crippen molar-refractivity contribution in [3.05, 3.63) is 57.8 Å². The lowest BCUT2D eigenvalue weighted by atomic mass is 9.53. The van der Waals surface area contributed by atoms with Crippen molar-refractivity contribution in [3.8, 4) is 0 Å². The monoisotopic (exact) mass is 656 g/mol. The summed E-state index contributed by atoms with van der Waals surface area (Å²) < 4.78 is 11.2. The molecular formula is C32H38Cl2N6O5. The average Bonchev–Trinajstić information content (AvgIpc) is 3.47. The van der Waals surface area contributed by atoms with Gasteiger partial charge in [-0.3, -0.25) is 25.3 Å². The molecule has 4 aliphatic rings. The van der Waals surface area contributed by atoms with Gasteiger partial charge in [0.2, 0.25) is 11.8 Å². The maximum absolute atomic E-state index is 14.4. The van der Waals surface area contributed by atoms with Crippen LogP contribution in [0.4, 0.5) is 5.69 Å². The first-order valence-corrected chi connectivity index (χ1v) is 16.1. The molecule has 3 aliphatic heterocycles. The Morgan fingerprint density at radius 1 is 1.24 bits per heavy atom. The van der Waals surface area contributed by atoms with Crippen LogP contribution in [0.15, 0.2) is 41.5 Å². The highest BCUT2D eigenvalue weighted by Gasteiger charge is 2.72. The molecule has 1 amide bonds. The molecule has 240 valence electrons. The molecule has 2 aromatic rings. The molecule has 11 nitrogen and oxygen atoms in total. The molecule has 6 N–H and O–H groups in total. The summed E-state index contributed by atoms with van der Waals surface area (Å²) in [5.74, 6) is -1.64. The fraction of sp³-hybridized carbons (Fsp3) is 0.531. The number of nitrogens with zero attached hydrogens (tertiary/aromatic N) is 2. The Morgan fingerprint density at radius 2 is 2.02 bits per heavy atom. The Balaban J connectivity index is 1.32. The molecule has 13 heteroatoms. The van der Waals surface area contributed by atoms with E-state index < -0.39 is 28.9 Å². The van der Waals surface area contributed by atoms with E-state index in [2.05, 4.69) is 22.5 Å². The van der Waals surface area contributed by atoms with Crippen LogP contribution in [-0.4, -0.2) is 71.1 Å². The van der Waals surface area contributed by atoms with Crippen LogP contribution < -0.4 is 16.4 Å². The molecule has 6 rings (SSSR count). The predicted octanol–water partition coefficient (Wildman–Crippen LogP) is 4.66.